The molecule has 0 aromatic heterocycles. The van der Waals surface area contributed by atoms with Gasteiger partial charge in [-0.3, -0.25) is 0 Å². The molecular formula is C31H50N2. The van der Waals surface area contributed by atoms with Gasteiger partial charge in [0.2, 0.25) is 0 Å². The van der Waals surface area contributed by atoms with E-state index in [-0.39, 0.29) is 0 Å². The van der Waals surface area contributed by atoms with Gasteiger partial charge in [0.15, 0.2) is 0 Å². The normalized spacial score (nSPS) is 11.0. The van der Waals surface area contributed by atoms with Gasteiger partial charge in [0, 0.05) is 0 Å². The zero-order valence-corrected chi connectivity index (χ0v) is 22.4. The summed E-state index contributed by atoms with van der Waals surface area (Å²) in [6.45, 7) is 27.7. The van der Waals surface area contributed by atoms with Crippen molar-refractivity contribution in [1.29, 1.82) is 5.41 Å². The minimum atomic E-state index is 0.823. The van der Waals surface area contributed by atoms with E-state index >= 15 is 0 Å². The molecule has 0 spiro atoms. The molecule has 0 saturated carbocycles. The van der Waals surface area contributed by atoms with E-state index in [0.29, 0.717) is 0 Å². The Kier molecular flexibility index (Phi) is 22.5. The van der Waals surface area contributed by atoms with Gasteiger partial charge in [-0.2, -0.15) is 0 Å². The topological polar surface area (TPSA) is 27.1 Å². The van der Waals surface area contributed by atoms with Crippen LogP contribution in [0.3, 0.4) is 0 Å². The van der Waals surface area contributed by atoms with Crippen LogP contribution in [-0.4, -0.2) is 30.7 Å². The van der Waals surface area contributed by atoms with Gasteiger partial charge in [0.1, 0.15) is 0 Å². The number of benzene rings is 1. The molecule has 33 heavy (non-hydrogen) atoms. The van der Waals surface area contributed by atoms with Crippen LogP contribution in [0.25, 0.3) is 5.57 Å². The Morgan fingerprint density at radius 1 is 1.03 bits per heavy atom. The predicted octanol–water partition coefficient (Wildman–Crippen LogP) is 9.07. The molecule has 1 N–H and O–H groups in total. The van der Waals surface area contributed by atoms with E-state index in [9.17, 15) is 0 Å². The van der Waals surface area contributed by atoms with E-state index in [2.05, 4.69) is 75.7 Å². The number of hydrogen-bond acceptors (Lipinski definition) is 2. The fourth-order valence-corrected chi connectivity index (χ4v) is 3.22. The summed E-state index contributed by atoms with van der Waals surface area (Å²) in [5.41, 5.74) is 6.10. The molecule has 184 valence electrons. The van der Waals surface area contributed by atoms with Gasteiger partial charge in [-0.25, -0.2) is 0 Å². The average molecular weight is 451 g/mol. The second-order valence-electron chi connectivity index (χ2n) is 7.63. The van der Waals surface area contributed by atoms with Crippen molar-refractivity contribution in [3.05, 3.63) is 90.6 Å². The minimum Gasteiger partial charge on any atom is -0.313 e. The first-order valence-electron chi connectivity index (χ1n) is 12.5. The molecule has 2 heteroatoms. The third-order valence-electron chi connectivity index (χ3n) is 5.20. The van der Waals surface area contributed by atoms with E-state index in [1.165, 1.54) is 55.3 Å². The summed E-state index contributed by atoms with van der Waals surface area (Å²) in [7, 11) is 0. The number of allylic oxidation sites excluding steroid dienone is 7. The van der Waals surface area contributed by atoms with Crippen LogP contribution in [0.15, 0.2) is 79.5 Å². The fourth-order valence-electron chi connectivity index (χ4n) is 3.22. The van der Waals surface area contributed by atoms with Gasteiger partial charge in [-0.15, -0.1) is 0 Å². The second kappa shape index (κ2) is 22.7. The maximum atomic E-state index is 6.08. The molecule has 0 fully saturated rings. The highest BCUT2D eigenvalue weighted by atomic mass is 15.1. The Bertz CT molecular complexity index is 720. The number of nitrogens with zero attached hydrogens (tertiary/aromatic N) is 1. The summed E-state index contributed by atoms with van der Waals surface area (Å²) in [6, 6.07) is 9.03. The van der Waals surface area contributed by atoms with Crippen molar-refractivity contribution in [3.8, 4) is 0 Å². The van der Waals surface area contributed by atoms with Gasteiger partial charge in [-0.05, 0) is 93.2 Å². The molecule has 0 aliphatic rings. The van der Waals surface area contributed by atoms with Crippen molar-refractivity contribution in [2.24, 2.45) is 0 Å². The first-order chi connectivity index (χ1) is 16.0. The Hall–Kier alpha value is -2.45. The van der Waals surface area contributed by atoms with Gasteiger partial charge in [0.25, 0.3) is 0 Å². The summed E-state index contributed by atoms with van der Waals surface area (Å²) in [6.07, 6.45) is 14.8. The summed E-state index contributed by atoms with van der Waals surface area (Å²) in [5.74, 6) is 0. The quantitative estimate of drug-likeness (QED) is 0.222. The standard InChI is InChI=1S/C27H39N.C2H5N.C2H6/c1-7-11-21-28(10-4)22-12-14-25-17-19-27(20-18-25)24(6)16-15-23(5)26(9-3)13-8-2;1-2-3;1-2/h8-9,13,16-20H,2-3,5,7,10-12,14-15,21-22H2,1,4,6H3;2-3H,1H3;1-2H3/b24-16+,26-13+;;. The van der Waals surface area contributed by atoms with Crippen LogP contribution in [0.2, 0.25) is 0 Å². The van der Waals surface area contributed by atoms with Crippen LogP contribution in [0, 0.1) is 5.41 Å². The molecule has 0 amide bonds. The first-order valence-corrected chi connectivity index (χ1v) is 12.5. The van der Waals surface area contributed by atoms with E-state index in [1.54, 1.807) is 13.0 Å². The van der Waals surface area contributed by atoms with E-state index in [0.717, 1.165) is 30.5 Å². The predicted molar refractivity (Wildman–Crippen MR) is 153 cm³/mol. The smallest absolute Gasteiger partial charge is 0.00157 e. The molecule has 0 aliphatic heterocycles. The first kappa shape index (κ1) is 32.7. The molecular weight excluding hydrogens is 400 g/mol. The Labute approximate surface area is 206 Å². The lowest BCUT2D eigenvalue weighted by Crippen LogP contribution is -2.25. The van der Waals surface area contributed by atoms with Crippen molar-refractivity contribution in [2.45, 2.75) is 73.6 Å². The lowest BCUT2D eigenvalue weighted by atomic mass is 9.99. The number of rotatable bonds is 14. The van der Waals surface area contributed by atoms with Crippen LogP contribution < -0.4 is 0 Å². The zero-order valence-electron chi connectivity index (χ0n) is 22.4. The van der Waals surface area contributed by atoms with Crippen LogP contribution in [0.4, 0.5) is 0 Å². The van der Waals surface area contributed by atoms with E-state index < -0.39 is 0 Å². The largest absolute Gasteiger partial charge is 0.313 e. The van der Waals surface area contributed by atoms with Crippen LogP contribution in [0.5, 0.6) is 0 Å². The number of hydrogen-bond donors (Lipinski definition) is 1. The van der Waals surface area contributed by atoms with Crippen molar-refractivity contribution in [1.82, 2.24) is 4.90 Å². The summed E-state index contributed by atoms with van der Waals surface area (Å²) >= 11 is 0. The Morgan fingerprint density at radius 2 is 1.61 bits per heavy atom. The number of aryl methyl sites for hydroxylation is 1. The molecule has 1 aromatic carbocycles. The molecule has 0 saturated heterocycles. The van der Waals surface area contributed by atoms with Crippen molar-refractivity contribution < 1.29 is 0 Å². The van der Waals surface area contributed by atoms with Crippen molar-refractivity contribution in [2.75, 3.05) is 19.6 Å². The molecule has 0 radical (unpaired) electrons. The monoisotopic (exact) mass is 450 g/mol. The fraction of sp³-hybridized carbons (Fsp3) is 0.452. The highest BCUT2D eigenvalue weighted by Crippen LogP contribution is 2.20. The zero-order chi connectivity index (χ0) is 25.5. The molecule has 0 bridgehead atoms. The Balaban J connectivity index is 0. The SMILES string of the molecule is C=C/C=C(\C=C)C(=C)C/C=C(\C)c1ccc(CCCN(CC)CCCC)cc1.CC.CC=N. The maximum Gasteiger partial charge on any atom is -0.00157 e. The van der Waals surface area contributed by atoms with Crippen LogP contribution in [-0.2, 0) is 6.42 Å². The van der Waals surface area contributed by atoms with E-state index in [4.69, 9.17) is 5.41 Å². The van der Waals surface area contributed by atoms with Gasteiger partial charge < -0.3 is 10.3 Å². The average Bonchev–Trinajstić information content (AvgIpc) is 2.85. The van der Waals surface area contributed by atoms with Crippen LogP contribution in [0.1, 0.15) is 78.4 Å². The summed E-state index contributed by atoms with van der Waals surface area (Å²) in [5, 5.41) is 6.08. The highest BCUT2D eigenvalue weighted by Gasteiger charge is 2.03. The van der Waals surface area contributed by atoms with Crippen molar-refractivity contribution >= 4 is 11.8 Å². The lowest BCUT2D eigenvalue weighted by molar-refractivity contribution is 0.280. The number of nitrogens with one attached hydrogen (secondary N) is 1. The third kappa shape index (κ3) is 15.9. The van der Waals surface area contributed by atoms with Crippen LogP contribution >= 0.6 is 0 Å². The maximum absolute atomic E-state index is 6.08. The van der Waals surface area contributed by atoms with Crippen molar-refractivity contribution in [3.63, 3.8) is 0 Å². The Morgan fingerprint density at radius 3 is 2.09 bits per heavy atom. The van der Waals surface area contributed by atoms with E-state index in [1.807, 2.05) is 26.0 Å². The summed E-state index contributed by atoms with van der Waals surface area (Å²) in [4.78, 5) is 2.57. The van der Waals surface area contributed by atoms with Gasteiger partial charge in [0.05, 0.1) is 0 Å². The number of unbranched alkanes of at least 4 members (excludes halogenated alkanes) is 1. The molecule has 0 aliphatic carbocycles. The molecule has 1 rings (SSSR count). The van der Waals surface area contributed by atoms with Gasteiger partial charge >= 0.3 is 0 Å². The summed E-state index contributed by atoms with van der Waals surface area (Å²) < 4.78 is 0. The highest BCUT2D eigenvalue weighted by molar-refractivity contribution is 5.64. The second-order valence-corrected chi connectivity index (χ2v) is 7.63. The molecule has 2 nitrogen and oxygen atoms in total. The minimum absolute atomic E-state index is 0.823. The third-order valence-corrected chi connectivity index (χ3v) is 5.20. The van der Waals surface area contributed by atoms with Gasteiger partial charge in [-0.1, -0.05) is 102 Å². The molecule has 1 aromatic rings. The molecule has 0 unspecified atom stereocenters. The molecule has 0 atom stereocenters. The molecule has 0 heterocycles. The lowest BCUT2D eigenvalue weighted by Gasteiger charge is -2.19.